The SMILES string of the molecule is Cn1cncc1C(N)Cc1cc(F)cc(F)c1. The molecule has 0 amide bonds. The summed E-state index contributed by atoms with van der Waals surface area (Å²) < 4.78 is 27.8. The van der Waals surface area contributed by atoms with Crippen LogP contribution in [-0.4, -0.2) is 9.55 Å². The smallest absolute Gasteiger partial charge is 0.126 e. The number of rotatable bonds is 3. The number of nitrogens with two attached hydrogens (primary N) is 1. The Hall–Kier alpha value is -1.75. The van der Waals surface area contributed by atoms with Crippen LogP contribution in [-0.2, 0) is 13.5 Å². The maximum atomic E-state index is 13.0. The van der Waals surface area contributed by atoms with Crippen molar-refractivity contribution in [3.8, 4) is 0 Å². The van der Waals surface area contributed by atoms with Gasteiger partial charge in [0.15, 0.2) is 0 Å². The molecule has 0 aliphatic heterocycles. The lowest BCUT2D eigenvalue weighted by Gasteiger charge is -2.12. The topological polar surface area (TPSA) is 43.8 Å². The molecule has 2 N–H and O–H groups in total. The van der Waals surface area contributed by atoms with Gasteiger partial charge in [-0.25, -0.2) is 13.8 Å². The molecular formula is C12H13F2N3. The summed E-state index contributed by atoms with van der Waals surface area (Å²) in [6, 6.07) is 3.10. The van der Waals surface area contributed by atoms with Crippen molar-refractivity contribution in [2.24, 2.45) is 12.8 Å². The van der Waals surface area contributed by atoms with Crippen LogP contribution in [0.2, 0.25) is 0 Å². The maximum Gasteiger partial charge on any atom is 0.126 e. The fourth-order valence-electron chi connectivity index (χ4n) is 1.81. The molecular weight excluding hydrogens is 224 g/mol. The molecule has 90 valence electrons. The van der Waals surface area contributed by atoms with E-state index in [1.54, 1.807) is 17.1 Å². The molecule has 0 aliphatic carbocycles. The molecule has 0 radical (unpaired) electrons. The summed E-state index contributed by atoms with van der Waals surface area (Å²) in [5, 5.41) is 0. The Morgan fingerprint density at radius 1 is 1.29 bits per heavy atom. The van der Waals surface area contributed by atoms with Crippen LogP contribution in [0.4, 0.5) is 8.78 Å². The molecule has 0 spiro atoms. The van der Waals surface area contributed by atoms with E-state index in [2.05, 4.69) is 4.98 Å². The molecule has 1 aromatic carbocycles. The molecule has 0 saturated carbocycles. The number of benzene rings is 1. The Kier molecular flexibility index (Phi) is 3.19. The highest BCUT2D eigenvalue weighted by Gasteiger charge is 2.11. The monoisotopic (exact) mass is 237 g/mol. The van der Waals surface area contributed by atoms with E-state index in [4.69, 9.17) is 5.73 Å². The van der Waals surface area contributed by atoms with Gasteiger partial charge < -0.3 is 10.3 Å². The Bertz CT molecular complexity index is 502. The molecule has 2 aromatic rings. The predicted octanol–water partition coefficient (Wildman–Crippen LogP) is 1.94. The molecule has 0 fully saturated rings. The number of aryl methyl sites for hydroxylation is 1. The average molecular weight is 237 g/mol. The molecule has 5 heteroatoms. The number of aromatic nitrogens is 2. The zero-order valence-corrected chi connectivity index (χ0v) is 9.40. The van der Waals surface area contributed by atoms with Crippen molar-refractivity contribution in [1.82, 2.24) is 9.55 Å². The van der Waals surface area contributed by atoms with Gasteiger partial charge in [-0.3, -0.25) is 0 Å². The number of imidazole rings is 1. The molecule has 1 heterocycles. The third-order valence-corrected chi connectivity index (χ3v) is 2.61. The van der Waals surface area contributed by atoms with Crippen molar-refractivity contribution in [3.63, 3.8) is 0 Å². The summed E-state index contributed by atoms with van der Waals surface area (Å²) >= 11 is 0. The standard InChI is InChI=1S/C12H13F2N3/c1-17-7-16-6-12(17)11(15)4-8-2-9(13)5-10(14)3-8/h2-3,5-7,11H,4,15H2,1H3. The average Bonchev–Trinajstić information content (AvgIpc) is 2.62. The zero-order chi connectivity index (χ0) is 12.4. The minimum absolute atomic E-state index is 0.330. The van der Waals surface area contributed by atoms with Crippen LogP contribution in [0.5, 0.6) is 0 Å². The lowest BCUT2D eigenvalue weighted by molar-refractivity contribution is 0.574. The minimum Gasteiger partial charge on any atom is -0.336 e. The number of hydrogen-bond acceptors (Lipinski definition) is 2. The summed E-state index contributed by atoms with van der Waals surface area (Å²) in [5.74, 6) is -1.17. The van der Waals surface area contributed by atoms with E-state index in [1.165, 1.54) is 12.1 Å². The third kappa shape index (κ3) is 2.68. The first-order valence-corrected chi connectivity index (χ1v) is 5.23. The van der Waals surface area contributed by atoms with E-state index in [-0.39, 0.29) is 6.04 Å². The largest absolute Gasteiger partial charge is 0.336 e. The first-order chi connectivity index (χ1) is 8.06. The number of halogens is 2. The Morgan fingerprint density at radius 3 is 2.47 bits per heavy atom. The van der Waals surface area contributed by atoms with E-state index >= 15 is 0 Å². The van der Waals surface area contributed by atoms with Crippen LogP contribution < -0.4 is 5.73 Å². The van der Waals surface area contributed by atoms with Crippen LogP contribution >= 0.6 is 0 Å². The van der Waals surface area contributed by atoms with Gasteiger partial charge in [0.25, 0.3) is 0 Å². The highest BCUT2D eigenvalue weighted by Crippen LogP contribution is 2.17. The first-order valence-electron chi connectivity index (χ1n) is 5.23. The minimum atomic E-state index is -0.586. The van der Waals surface area contributed by atoms with Gasteiger partial charge in [0, 0.05) is 19.3 Å². The molecule has 17 heavy (non-hydrogen) atoms. The molecule has 1 aromatic heterocycles. The van der Waals surface area contributed by atoms with E-state index in [0.717, 1.165) is 11.8 Å². The van der Waals surface area contributed by atoms with E-state index < -0.39 is 11.6 Å². The second kappa shape index (κ2) is 4.63. The van der Waals surface area contributed by atoms with Crippen LogP contribution in [0.3, 0.4) is 0 Å². The van der Waals surface area contributed by atoms with Crippen molar-refractivity contribution in [2.75, 3.05) is 0 Å². The highest BCUT2D eigenvalue weighted by molar-refractivity contribution is 5.20. The first kappa shape index (κ1) is 11.7. The van der Waals surface area contributed by atoms with Crippen LogP contribution in [0.25, 0.3) is 0 Å². The second-order valence-corrected chi connectivity index (χ2v) is 4.02. The lowest BCUT2D eigenvalue weighted by Crippen LogP contribution is -2.16. The van der Waals surface area contributed by atoms with Gasteiger partial charge >= 0.3 is 0 Å². The molecule has 0 aliphatic rings. The van der Waals surface area contributed by atoms with Gasteiger partial charge in [0.2, 0.25) is 0 Å². The van der Waals surface area contributed by atoms with Crippen LogP contribution in [0.15, 0.2) is 30.7 Å². The van der Waals surface area contributed by atoms with Gasteiger partial charge in [-0.1, -0.05) is 0 Å². The van der Waals surface area contributed by atoms with Crippen LogP contribution in [0.1, 0.15) is 17.3 Å². The predicted molar refractivity (Wildman–Crippen MR) is 60.2 cm³/mol. The number of nitrogens with zero attached hydrogens (tertiary/aromatic N) is 2. The Balaban J connectivity index is 2.18. The van der Waals surface area contributed by atoms with Gasteiger partial charge in [-0.2, -0.15) is 0 Å². The summed E-state index contributed by atoms with van der Waals surface area (Å²) in [7, 11) is 1.83. The van der Waals surface area contributed by atoms with Crippen LogP contribution in [0, 0.1) is 11.6 Å². The summed E-state index contributed by atoms with van der Waals surface area (Å²) in [5.41, 5.74) is 7.33. The summed E-state index contributed by atoms with van der Waals surface area (Å²) in [6.07, 6.45) is 3.66. The van der Waals surface area contributed by atoms with Gasteiger partial charge in [-0.05, 0) is 24.1 Å². The Labute approximate surface area is 97.9 Å². The lowest BCUT2D eigenvalue weighted by atomic mass is 10.0. The van der Waals surface area contributed by atoms with Gasteiger partial charge in [0.05, 0.1) is 18.1 Å². The molecule has 0 saturated heterocycles. The molecule has 0 bridgehead atoms. The summed E-state index contributed by atoms with van der Waals surface area (Å²) in [4.78, 5) is 3.95. The fraction of sp³-hybridized carbons (Fsp3) is 0.250. The number of hydrogen-bond donors (Lipinski definition) is 1. The Morgan fingerprint density at radius 2 is 1.94 bits per heavy atom. The maximum absolute atomic E-state index is 13.0. The van der Waals surface area contributed by atoms with Gasteiger partial charge in [0.1, 0.15) is 11.6 Å². The molecule has 3 nitrogen and oxygen atoms in total. The fourth-order valence-corrected chi connectivity index (χ4v) is 1.81. The van der Waals surface area contributed by atoms with E-state index in [9.17, 15) is 8.78 Å². The van der Waals surface area contributed by atoms with E-state index in [0.29, 0.717) is 12.0 Å². The quantitative estimate of drug-likeness (QED) is 0.886. The van der Waals surface area contributed by atoms with Crippen molar-refractivity contribution in [3.05, 3.63) is 53.6 Å². The third-order valence-electron chi connectivity index (χ3n) is 2.61. The molecule has 1 unspecified atom stereocenters. The molecule has 2 rings (SSSR count). The van der Waals surface area contributed by atoms with Crippen molar-refractivity contribution >= 4 is 0 Å². The highest BCUT2D eigenvalue weighted by atomic mass is 19.1. The van der Waals surface area contributed by atoms with Gasteiger partial charge in [-0.15, -0.1) is 0 Å². The van der Waals surface area contributed by atoms with E-state index in [1.807, 2.05) is 7.05 Å². The normalized spacial score (nSPS) is 12.7. The van der Waals surface area contributed by atoms with Crippen molar-refractivity contribution in [2.45, 2.75) is 12.5 Å². The van der Waals surface area contributed by atoms with Crippen molar-refractivity contribution < 1.29 is 8.78 Å². The zero-order valence-electron chi connectivity index (χ0n) is 9.40. The molecule has 1 atom stereocenters. The summed E-state index contributed by atoms with van der Waals surface area (Å²) in [6.45, 7) is 0. The second-order valence-electron chi connectivity index (χ2n) is 4.02. The van der Waals surface area contributed by atoms with Crippen molar-refractivity contribution in [1.29, 1.82) is 0 Å².